The molecular weight excluding hydrogens is 464 g/mol. The van der Waals surface area contributed by atoms with Crippen molar-refractivity contribution in [1.29, 1.82) is 0 Å². The van der Waals surface area contributed by atoms with Gasteiger partial charge in [-0.3, -0.25) is 14.5 Å². The van der Waals surface area contributed by atoms with Crippen molar-refractivity contribution in [1.82, 2.24) is 0 Å². The highest BCUT2D eigenvalue weighted by Crippen LogP contribution is 2.43. The number of ether oxygens (including phenoxy) is 1. The molecule has 1 N–H and O–H groups in total. The van der Waals surface area contributed by atoms with E-state index in [1.54, 1.807) is 6.07 Å². The van der Waals surface area contributed by atoms with Gasteiger partial charge in [0.2, 0.25) is 0 Å². The first-order valence-corrected chi connectivity index (χ1v) is 13.0. The Morgan fingerprint density at radius 1 is 0.919 bits per heavy atom. The smallest absolute Gasteiger partial charge is 0.300 e. The number of hydrogen-bond acceptors (Lipinski definition) is 5. The largest absolute Gasteiger partial charge is 0.507 e. The SMILES string of the molecule is Cc1cccc(C2/C(=C(/O)c3ccc4c(c3)CCCO4)C(=O)C(=O)N2c2ccc(N3CCCC3)cc2)c1. The standard InChI is InChI=1S/C31H30N2O4/c1-20-6-4-7-22(18-20)28-27(29(34)23-9-14-26-21(19-23)8-5-17-37-26)30(35)31(36)33(28)25-12-10-24(11-13-25)32-15-2-3-16-32/h4,6-7,9-14,18-19,28,34H,2-3,5,8,15-17H2,1H3/b29-27-. The molecule has 6 heteroatoms. The van der Waals surface area contributed by atoms with Crippen LogP contribution >= 0.6 is 0 Å². The van der Waals surface area contributed by atoms with Gasteiger partial charge in [0.25, 0.3) is 11.7 Å². The Balaban J connectivity index is 1.46. The Kier molecular flexibility index (Phi) is 5.95. The van der Waals surface area contributed by atoms with Gasteiger partial charge in [-0.05, 0) is 86.2 Å². The third-order valence-corrected chi connectivity index (χ3v) is 7.58. The number of hydrogen-bond donors (Lipinski definition) is 1. The van der Waals surface area contributed by atoms with E-state index in [2.05, 4.69) is 4.90 Å². The zero-order chi connectivity index (χ0) is 25.5. The lowest BCUT2D eigenvalue weighted by atomic mass is 9.93. The van der Waals surface area contributed by atoms with E-state index in [0.29, 0.717) is 17.9 Å². The maximum atomic E-state index is 13.5. The molecule has 2 saturated heterocycles. The first-order valence-electron chi connectivity index (χ1n) is 13.0. The maximum Gasteiger partial charge on any atom is 0.300 e. The number of carbonyl (C=O) groups excluding carboxylic acids is 2. The molecule has 3 aliphatic heterocycles. The van der Waals surface area contributed by atoms with E-state index < -0.39 is 17.7 Å². The second kappa shape index (κ2) is 9.43. The fourth-order valence-corrected chi connectivity index (χ4v) is 5.72. The van der Waals surface area contributed by atoms with Gasteiger partial charge in [0.1, 0.15) is 11.5 Å². The van der Waals surface area contributed by atoms with E-state index in [9.17, 15) is 14.7 Å². The molecule has 0 radical (unpaired) electrons. The molecule has 1 amide bonds. The highest BCUT2D eigenvalue weighted by Gasteiger charge is 2.47. The van der Waals surface area contributed by atoms with Crippen LogP contribution < -0.4 is 14.5 Å². The Morgan fingerprint density at radius 3 is 2.43 bits per heavy atom. The van der Waals surface area contributed by atoms with Crippen molar-refractivity contribution in [2.45, 2.75) is 38.6 Å². The number of nitrogens with zero attached hydrogens (tertiary/aromatic N) is 2. The molecular formula is C31H30N2O4. The lowest BCUT2D eigenvalue weighted by Gasteiger charge is -2.26. The molecule has 37 heavy (non-hydrogen) atoms. The molecule has 1 unspecified atom stereocenters. The molecule has 1 atom stereocenters. The molecule has 188 valence electrons. The summed E-state index contributed by atoms with van der Waals surface area (Å²) in [6.07, 6.45) is 4.10. The summed E-state index contributed by atoms with van der Waals surface area (Å²) in [6, 6.07) is 20.3. The number of amides is 1. The van der Waals surface area contributed by atoms with E-state index in [0.717, 1.165) is 54.1 Å². The number of Topliss-reactive ketones (excluding diaryl/α,β-unsaturated/α-hetero) is 1. The molecule has 2 fully saturated rings. The number of benzene rings is 3. The summed E-state index contributed by atoms with van der Waals surface area (Å²) in [5.41, 5.74) is 5.16. The van der Waals surface area contributed by atoms with Crippen LogP contribution in [0.4, 0.5) is 11.4 Å². The highest BCUT2D eigenvalue weighted by molar-refractivity contribution is 6.51. The summed E-state index contributed by atoms with van der Waals surface area (Å²) in [5.74, 6) is -0.670. The molecule has 3 heterocycles. The molecule has 3 aromatic rings. The Morgan fingerprint density at radius 2 is 1.68 bits per heavy atom. The van der Waals surface area contributed by atoms with Crippen LogP contribution in [0.5, 0.6) is 5.75 Å². The van der Waals surface area contributed by atoms with Crippen molar-refractivity contribution in [2.75, 3.05) is 29.5 Å². The maximum absolute atomic E-state index is 13.5. The number of aliphatic hydroxyl groups excluding tert-OH is 1. The quantitative estimate of drug-likeness (QED) is 0.293. The Hall–Kier alpha value is -4.06. The topological polar surface area (TPSA) is 70.1 Å². The van der Waals surface area contributed by atoms with Crippen molar-refractivity contribution in [3.8, 4) is 5.75 Å². The van der Waals surface area contributed by atoms with Crippen molar-refractivity contribution < 1.29 is 19.4 Å². The summed E-state index contributed by atoms with van der Waals surface area (Å²) in [4.78, 5) is 30.8. The first-order chi connectivity index (χ1) is 18.0. The van der Waals surface area contributed by atoms with E-state index in [1.807, 2.05) is 67.6 Å². The molecule has 0 aliphatic carbocycles. The third kappa shape index (κ3) is 4.16. The van der Waals surface area contributed by atoms with E-state index in [-0.39, 0.29) is 11.3 Å². The number of rotatable bonds is 4. The van der Waals surface area contributed by atoms with Crippen molar-refractivity contribution >= 4 is 28.8 Å². The zero-order valence-corrected chi connectivity index (χ0v) is 20.9. The van der Waals surface area contributed by atoms with Crippen LogP contribution in [0.25, 0.3) is 5.76 Å². The van der Waals surface area contributed by atoms with Crippen molar-refractivity contribution in [2.24, 2.45) is 0 Å². The minimum atomic E-state index is -0.732. The van der Waals surface area contributed by atoms with Gasteiger partial charge in [-0.25, -0.2) is 0 Å². The lowest BCUT2D eigenvalue weighted by molar-refractivity contribution is -0.132. The van der Waals surface area contributed by atoms with Crippen LogP contribution in [0, 0.1) is 6.92 Å². The summed E-state index contributed by atoms with van der Waals surface area (Å²) in [7, 11) is 0. The van der Waals surface area contributed by atoms with Crippen LogP contribution in [-0.2, 0) is 16.0 Å². The fourth-order valence-electron chi connectivity index (χ4n) is 5.72. The molecule has 0 bridgehead atoms. The number of carbonyl (C=O) groups is 2. The van der Waals surface area contributed by atoms with E-state index in [4.69, 9.17) is 4.74 Å². The van der Waals surface area contributed by atoms with Gasteiger partial charge in [-0.1, -0.05) is 29.8 Å². The molecule has 0 aromatic heterocycles. The van der Waals surface area contributed by atoms with Gasteiger partial charge in [0.15, 0.2) is 0 Å². The van der Waals surface area contributed by atoms with Gasteiger partial charge in [-0.15, -0.1) is 0 Å². The number of aryl methyl sites for hydroxylation is 2. The summed E-state index contributed by atoms with van der Waals surface area (Å²) < 4.78 is 5.72. The van der Waals surface area contributed by atoms with Crippen LogP contribution in [0.1, 0.15) is 47.6 Å². The second-order valence-corrected chi connectivity index (χ2v) is 10.1. The van der Waals surface area contributed by atoms with Crippen molar-refractivity contribution in [3.05, 3.63) is 94.6 Å². The van der Waals surface area contributed by atoms with Gasteiger partial charge in [0, 0.05) is 30.0 Å². The van der Waals surface area contributed by atoms with Crippen LogP contribution in [0.3, 0.4) is 0 Å². The predicted molar refractivity (Wildman–Crippen MR) is 144 cm³/mol. The number of ketones is 1. The molecule has 6 rings (SSSR count). The molecule has 3 aliphatic rings. The average Bonchev–Trinajstić information content (AvgIpc) is 3.55. The highest BCUT2D eigenvalue weighted by atomic mass is 16.5. The van der Waals surface area contributed by atoms with E-state index in [1.165, 1.54) is 17.7 Å². The second-order valence-electron chi connectivity index (χ2n) is 10.1. The minimum absolute atomic E-state index is 0.107. The monoisotopic (exact) mass is 494 g/mol. The van der Waals surface area contributed by atoms with Crippen molar-refractivity contribution in [3.63, 3.8) is 0 Å². The van der Waals surface area contributed by atoms with Crippen LogP contribution in [-0.4, -0.2) is 36.5 Å². The number of anilines is 2. The predicted octanol–water partition coefficient (Wildman–Crippen LogP) is 5.55. The Bertz CT molecular complexity index is 1400. The normalized spacial score (nSPS) is 20.7. The van der Waals surface area contributed by atoms with Gasteiger partial charge in [-0.2, -0.15) is 0 Å². The number of fused-ring (bicyclic) bond motifs is 1. The summed E-state index contributed by atoms with van der Waals surface area (Å²) in [5, 5.41) is 11.5. The fraction of sp³-hybridized carbons (Fsp3) is 0.290. The molecule has 3 aromatic carbocycles. The first kappa shape index (κ1) is 23.3. The lowest BCUT2D eigenvalue weighted by Crippen LogP contribution is -2.29. The summed E-state index contributed by atoms with van der Waals surface area (Å²) in [6.45, 7) is 4.70. The third-order valence-electron chi connectivity index (χ3n) is 7.58. The molecule has 6 nitrogen and oxygen atoms in total. The Labute approximate surface area is 216 Å². The van der Waals surface area contributed by atoms with Crippen LogP contribution in [0.2, 0.25) is 0 Å². The average molecular weight is 495 g/mol. The van der Waals surface area contributed by atoms with Gasteiger partial charge in [0.05, 0.1) is 18.2 Å². The number of aliphatic hydroxyl groups is 1. The van der Waals surface area contributed by atoms with Gasteiger partial charge >= 0.3 is 0 Å². The zero-order valence-electron chi connectivity index (χ0n) is 20.9. The van der Waals surface area contributed by atoms with Gasteiger partial charge < -0.3 is 14.7 Å². The minimum Gasteiger partial charge on any atom is -0.507 e. The molecule has 0 spiro atoms. The van der Waals surface area contributed by atoms with E-state index >= 15 is 0 Å². The molecule has 0 saturated carbocycles. The van der Waals surface area contributed by atoms with Crippen LogP contribution in [0.15, 0.2) is 72.3 Å². The summed E-state index contributed by atoms with van der Waals surface area (Å²) >= 11 is 0.